The number of fused-ring (bicyclic) bond motifs is 1. The molecule has 2 heterocycles. The van der Waals surface area contributed by atoms with E-state index in [4.69, 9.17) is 15.6 Å². The number of nitrogens with zero attached hydrogens (tertiary/aromatic N) is 1. The minimum absolute atomic E-state index is 0.0388. The van der Waals surface area contributed by atoms with Crippen molar-refractivity contribution in [1.29, 1.82) is 0 Å². The molecule has 0 aliphatic carbocycles. The van der Waals surface area contributed by atoms with Gasteiger partial charge in [-0.05, 0) is 5.56 Å². The predicted molar refractivity (Wildman–Crippen MR) is 111 cm³/mol. The van der Waals surface area contributed by atoms with E-state index in [2.05, 4.69) is 5.32 Å². The van der Waals surface area contributed by atoms with Crippen molar-refractivity contribution in [3.8, 4) is 0 Å². The van der Waals surface area contributed by atoms with Gasteiger partial charge in [0.05, 0.1) is 24.3 Å². The van der Waals surface area contributed by atoms with E-state index in [1.807, 2.05) is 30.3 Å². The molecule has 5 N–H and O–H groups in total. The molecule has 0 radical (unpaired) electrons. The number of aliphatic carboxylic acids is 2. The van der Waals surface area contributed by atoms with Crippen molar-refractivity contribution >= 4 is 35.6 Å². The molecule has 166 valence electrons. The minimum Gasteiger partial charge on any atom is -0.481 e. The Kier molecular flexibility index (Phi) is 7.18. The van der Waals surface area contributed by atoms with Gasteiger partial charge >= 0.3 is 17.9 Å². The maximum Gasteiger partial charge on any atom is 0.352 e. The zero-order valence-corrected chi connectivity index (χ0v) is 17.3. The molecule has 1 aromatic carbocycles. The highest BCUT2D eigenvalue weighted by atomic mass is 32.2. The second-order valence-electron chi connectivity index (χ2n) is 7.26. The fraction of sp³-hybridized carbons (Fsp3) is 0.400. The number of thioether (sulfide) groups is 1. The van der Waals surface area contributed by atoms with Crippen LogP contribution in [0.15, 0.2) is 41.6 Å². The van der Waals surface area contributed by atoms with E-state index in [1.54, 1.807) is 4.90 Å². The van der Waals surface area contributed by atoms with Crippen LogP contribution in [-0.2, 0) is 30.3 Å². The molecule has 3 unspecified atom stereocenters. The zero-order chi connectivity index (χ0) is 22.5. The van der Waals surface area contributed by atoms with E-state index in [9.17, 15) is 24.3 Å². The molecule has 0 saturated carbocycles. The highest BCUT2D eigenvalue weighted by molar-refractivity contribution is 8.00. The van der Waals surface area contributed by atoms with E-state index in [0.717, 1.165) is 5.56 Å². The van der Waals surface area contributed by atoms with Crippen LogP contribution in [-0.4, -0.2) is 75.3 Å². The van der Waals surface area contributed by atoms with E-state index in [-0.39, 0.29) is 36.0 Å². The number of carboxylic acid groups (broad SMARTS) is 2. The van der Waals surface area contributed by atoms with Gasteiger partial charge in [-0.3, -0.25) is 14.4 Å². The number of carboxylic acids is 2. The molecule has 0 spiro atoms. The topological polar surface area (TPSA) is 159 Å². The summed E-state index contributed by atoms with van der Waals surface area (Å²) in [5.74, 6) is -3.12. The molecule has 1 fully saturated rings. The van der Waals surface area contributed by atoms with Crippen LogP contribution in [0.25, 0.3) is 0 Å². The van der Waals surface area contributed by atoms with Crippen LogP contribution in [0.4, 0.5) is 0 Å². The second kappa shape index (κ2) is 9.84. The van der Waals surface area contributed by atoms with Crippen molar-refractivity contribution < 1.29 is 34.1 Å². The Balaban J connectivity index is 1.57. The summed E-state index contributed by atoms with van der Waals surface area (Å²) >= 11 is 1.44. The summed E-state index contributed by atoms with van der Waals surface area (Å²) in [4.78, 5) is 48.3. The van der Waals surface area contributed by atoms with E-state index < -0.39 is 30.4 Å². The van der Waals surface area contributed by atoms with E-state index in [1.165, 1.54) is 11.8 Å². The molecule has 1 amide bonds. The van der Waals surface area contributed by atoms with Crippen molar-refractivity contribution in [2.24, 2.45) is 5.73 Å². The Morgan fingerprint density at radius 1 is 1.23 bits per heavy atom. The number of nitrogens with two attached hydrogens (primary N) is 1. The first-order chi connectivity index (χ1) is 14.8. The Morgan fingerprint density at radius 2 is 1.94 bits per heavy atom. The summed E-state index contributed by atoms with van der Waals surface area (Å²) in [5.41, 5.74) is 6.80. The van der Waals surface area contributed by atoms with Crippen molar-refractivity contribution in [2.75, 3.05) is 18.9 Å². The molecular formula is C20H23N3O7S. The van der Waals surface area contributed by atoms with Crippen molar-refractivity contribution in [3.63, 3.8) is 0 Å². The van der Waals surface area contributed by atoms with Crippen LogP contribution >= 0.6 is 11.8 Å². The molecule has 0 aromatic heterocycles. The number of amides is 1. The normalized spacial score (nSPS) is 20.9. The largest absolute Gasteiger partial charge is 0.481 e. The van der Waals surface area contributed by atoms with Gasteiger partial charge in [0.1, 0.15) is 18.3 Å². The maximum absolute atomic E-state index is 12.3. The minimum atomic E-state index is -1.32. The molecule has 2 aliphatic heterocycles. The lowest BCUT2D eigenvalue weighted by Gasteiger charge is -2.52. The zero-order valence-electron chi connectivity index (χ0n) is 16.5. The van der Waals surface area contributed by atoms with Gasteiger partial charge in [0.2, 0.25) is 5.91 Å². The van der Waals surface area contributed by atoms with E-state index in [0.29, 0.717) is 17.9 Å². The molecule has 1 saturated heterocycles. The molecule has 11 heteroatoms. The average molecular weight is 449 g/mol. The third kappa shape index (κ3) is 5.56. The second-order valence-corrected chi connectivity index (χ2v) is 8.36. The predicted octanol–water partition coefficient (Wildman–Crippen LogP) is -0.214. The number of rotatable bonds is 9. The monoisotopic (exact) mass is 449 g/mol. The number of esters is 1. The third-order valence-corrected chi connectivity index (χ3v) is 6.38. The SMILES string of the molecule is NC(CC(=O)O)C(=O)OCC1=C(C(=O)O)N2CC(NC(=O)Cc3ccccc3)C2SC1. The highest BCUT2D eigenvalue weighted by Gasteiger charge is 2.46. The summed E-state index contributed by atoms with van der Waals surface area (Å²) in [7, 11) is 0. The summed E-state index contributed by atoms with van der Waals surface area (Å²) < 4.78 is 5.03. The number of nitrogens with one attached hydrogen (secondary N) is 1. The number of hydrogen-bond donors (Lipinski definition) is 4. The fourth-order valence-corrected chi connectivity index (χ4v) is 4.79. The lowest BCUT2D eigenvalue weighted by atomic mass is 10.0. The van der Waals surface area contributed by atoms with Crippen LogP contribution in [0.1, 0.15) is 12.0 Å². The number of ether oxygens (including phenoxy) is 1. The molecule has 2 aliphatic rings. The summed E-state index contributed by atoms with van der Waals surface area (Å²) in [6.45, 7) is 0.0465. The summed E-state index contributed by atoms with van der Waals surface area (Å²) in [5, 5.41) is 21.1. The third-order valence-electron chi connectivity index (χ3n) is 4.94. The van der Waals surface area contributed by atoms with Gasteiger partial charge in [-0.1, -0.05) is 30.3 Å². The Labute approximate surface area is 182 Å². The van der Waals surface area contributed by atoms with Crippen LogP contribution < -0.4 is 11.1 Å². The number of carbonyl (C=O) groups excluding carboxylic acids is 2. The standard InChI is InChI=1S/C20H23N3O7S/c21-13(7-16(25)26)20(29)30-9-12-10-31-18-14(8-23(18)17(12)19(27)28)22-15(24)6-11-4-2-1-3-5-11/h1-5,13-14,18H,6-10,21H2,(H,22,24)(H,25,26)(H,27,28). The van der Waals surface area contributed by atoms with Gasteiger partial charge in [-0.15, -0.1) is 11.8 Å². The van der Waals surface area contributed by atoms with Crippen LogP contribution in [0.3, 0.4) is 0 Å². The first-order valence-electron chi connectivity index (χ1n) is 9.57. The molecule has 0 bridgehead atoms. The molecule has 10 nitrogen and oxygen atoms in total. The Bertz CT molecular complexity index is 905. The number of benzene rings is 1. The van der Waals surface area contributed by atoms with E-state index >= 15 is 0 Å². The fourth-order valence-electron chi connectivity index (χ4n) is 3.44. The van der Waals surface area contributed by atoms with Gasteiger partial charge in [0.15, 0.2) is 0 Å². The Morgan fingerprint density at radius 3 is 2.58 bits per heavy atom. The molecule has 31 heavy (non-hydrogen) atoms. The average Bonchev–Trinajstić information content (AvgIpc) is 2.70. The maximum atomic E-state index is 12.3. The van der Waals surface area contributed by atoms with Crippen LogP contribution in [0.5, 0.6) is 0 Å². The first kappa shape index (κ1) is 22.6. The number of carbonyl (C=O) groups is 4. The molecule has 3 atom stereocenters. The van der Waals surface area contributed by atoms with Gasteiger partial charge in [0, 0.05) is 17.9 Å². The van der Waals surface area contributed by atoms with Crippen molar-refractivity contribution in [1.82, 2.24) is 10.2 Å². The first-order valence-corrected chi connectivity index (χ1v) is 10.6. The molecule has 1 aromatic rings. The van der Waals surface area contributed by atoms with Crippen molar-refractivity contribution in [3.05, 3.63) is 47.2 Å². The van der Waals surface area contributed by atoms with Gasteiger partial charge < -0.3 is 30.9 Å². The Hall–Kier alpha value is -3.05. The van der Waals surface area contributed by atoms with Crippen molar-refractivity contribution in [2.45, 2.75) is 30.3 Å². The lowest BCUT2D eigenvalue weighted by Crippen LogP contribution is -2.66. The summed E-state index contributed by atoms with van der Waals surface area (Å²) in [6, 6.07) is 7.81. The quantitative estimate of drug-likeness (QED) is 0.371. The number of hydrogen-bond acceptors (Lipinski definition) is 8. The van der Waals surface area contributed by atoms with Crippen LogP contribution in [0.2, 0.25) is 0 Å². The van der Waals surface area contributed by atoms with Gasteiger partial charge in [-0.2, -0.15) is 0 Å². The van der Waals surface area contributed by atoms with Gasteiger partial charge in [-0.25, -0.2) is 4.79 Å². The smallest absolute Gasteiger partial charge is 0.352 e. The molecule has 3 rings (SSSR count). The lowest BCUT2D eigenvalue weighted by molar-refractivity contribution is -0.148. The van der Waals surface area contributed by atoms with Gasteiger partial charge in [0.25, 0.3) is 0 Å². The van der Waals surface area contributed by atoms with Crippen LogP contribution in [0, 0.1) is 0 Å². The summed E-state index contributed by atoms with van der Waals surface area (Å²) in [6.07, 6.45) is -0.328. The highest BCUT2D eigenvalue weighted by Crippen LogP contribution is 2.39. The molecular weight excluding hydrogens is 426 g/mol.